The van der Waals surface area contributed by atoms with Gasteiger partial charge in [0, 0.05) is 42.7 Å². The van der Waals surface area contributed by atoms with Gasteiger partial charge < -0.3 is 20.5 Å². The van der Waals surface area contributed by atoms with E-state index in [0.29, 0.717) is 54.6 Å². The fraction of sp³-hybridized carbons (Fsp3) is 0.429. The summed E-state index contributed by atoms with van der Waals surface area (Å²) in [5.41, 5.74) is 9.38. The van der Waals surface area contributed by atoms with Crippen molar-refractivity contribution in [3.05, 3.63) is 64.5 Å². The molecule has 0 radical (unpaired) electrons. The number of anilines is 1. The number of pyridine rings is 1. The Hall–Kier alpha value is -3.68. The number of fused-ring (bicyclic) bond motifs is 1. The molecule has 1 aromatic carbocycles. The lowest BCUT2D eigenvalue weighted by molar-refractivity contribution is 0.00624. The zero-order chi connectivity index (χ0) is 26.6. The van der Waals surface area contributed by atoms with Gasteiger partial charge in [0.2, 0.25) is 0 Å². The molecule has 1 aromatic heterocycles. The molecule has 0 aliphatic carbocycles. The molecule has 3 rings (SSSR count). The Labute approximate surface area is 212 Å². The number of hydrogen-bond acceptors (Lipinski definition) is 7. The smallest absolute Gasteiger partial charge is 0.358 e. The first-order chi connectivity index (χ1) is 16.9. The van der Waals surface area contributed by atoms with Crippen molar-refractivity contribution in [2.45, 2.75) is 60.1 Å². The normalized spacial score (nSPS) is 14.6. The predicted molar refractivity (Wildman–Crippen MR) is 143 cm³/mol. The van der Waals surface area contributed by atoms with Gasteiger partial charge in [0.05, 0.1) is 5.56 Å². The number of hydrogen-bond donors (Lipinski definition) is 2. The van der Waals surface area contributed by atoms with Crippen LogP contribution in [-0.2, 0) is 17.7 Å². The third-order valence-corrected chi connectivity index (χ3v) is 5.84. The number of rotatable bonds is 7. The van der Waals surface area contributed by atoms with E-state index in [1.165, 1.54) is 6.20 Å². The molecule has 8 nitrogen and oxygen atoms in total. The summed E-state index contributed by atoms with van der Waals surface area (Å²) in [4.78, 5) is 36.4. The van der Waals surface area contributed by atoms with Gasteiger partial charge in [-0.05, 0) is 69.4 Å². The average molecular weight is 493 g/mol. The lowest BCUT2D eigenvalue weighted by Crippen LogP contribution is -2.33. The van der Waals surface area contributed by atoms with Gasteiger partial charge in [-0.25, -0.2) is 14.6 Å². The molecule has 0 saturated carbocycles. The highest BCUT2D eigenvalue weighted by Crippen LogP contribution is 2.29. The molecule has 0 unspecified atom stereocenters. The van der Waals surface area contributed by atoms with Gasteiger partial charge in [-0.15, -0.1) is 0 Å². The fourth-order valence-corrected chi connectivity index (χ4v) is 4.11. The quantitative estimate of drug-likeness (QED) is 0.424. The topological polar surface area (TPSA) is 118 Å². The van der Waals surface area contributed by atoms with E-state index < -0.39 is 17.5 Å². The van der Waals surface area contributed by atoms with E-state index in [2.05, 4.69) is 18.8 Å². The highest BCUT2D eigenvalue weighted by atomic mass is 16.6. The monoisotopic (exact) mass is 492 g/mol. The Bertz CT molecular complexity index is 1210. The SMILES string of the molecule is CC(=NCC(C)C)/C(=C\N)c1ccc(N2CCc3cccc(C(=O)O)c3C2)nc1C(=O)OC(C)(C)C. The van der Waals surface area contributed by atoms with Crippen molar-refractivity contribution in [3.63, 3.8) is 0 Å². The number of nitrogens with zero attached hydrogens (tertiary/aromatic N) is 3. The maximum absolute atomic E-state index is 13.3. The van der Waals surface area contributed by atoms with Gasteiger partial charge in [-0.1, -0.05) is 26.0 Å². The number of aliphatic imine (C=N–C) groups is 1. The van der Waals surface area contributed by atoms with E-state index in [0.717, 1.165) is 11.1 Å². The van der Waals surface area contributed by atoms with Gasteiger partial charge in [-0.2, -0.15) is 0 Å². The summed E-state index contributed by atoms with van der Waals surface area (Å²) in [5, 5.41) is 9.65. The Morgan fingerprint density at radius 1 is 1.22 bits per heavy atom. The van der Waals surface area contributed by atoms with Crippen molar-refractivity contribution < 1.29 is 19.4 Å². The first-order valence-corrected chi connectivity index (χ1v) is 12.2. The Kier molecular flexibility index (Phi) is 8.17. The summed E-state index contributed by atoms with van der Waals surface area (Å²) < 4.78 is 5.68. The molecule has 1 aliphatic rings. The molecule has 2 heterocycles. The summed E-state index contributed by atoms with van der Waals surface area (Å²) >= 11 is 0. The number of esters is 1. The van der Waals surface area contributed by atoms with Crippen LogP contribution in [0.2, 0.25) is 0 Å². The first kappa shape index (κ1) is 26.9. The third kappa shape index (κ3) is 6.30. The summed E-state index contributed by atoms with van der Waals surface area (Å²) in [6.07, 6.45) is 2.12. The summed E-state index contributed by atoms with van der Waals surface area (Å²) in [7, 11) is 0. The van der Waals surface area contributed by atoms with Crippen molar-refractivity contribution in [3.8, 4) is 0 Å². The van der Waals surface area contributed by atoms with Crippen molar-refractivity contribution in [1.29, 1.82) is 0 Å². The van der Waals surface area contributed by atoms with E-state index in [4.69, 9.17) is 15.5 Å². The van der Waals surface area contributed by atoms with Crippen LogP contribution >= 0.6 is 0 Å². The Morgan fingerprint density at radius 2 is 1.94 bits per heavy atom. The largest absolute Gasteiger partial charge is 0.478 e. The molecule has 0 fully saturated rings. The number of ether oxygens (including phenoxy) is 1. The molecular weight excluding hydrogens is 456 g/mol. The lowest BCUT2D eigenvalue weighted by atomic mass is 9.94. The molecule has 0 saturated heterocycles. The zero-order valence-corrected chi connectivity index (χ0v) is 22.0. The number of carboxylic acid groups (broad SMARTS) is 1. The van der Waals surface area contributed by atoms with Crippen LogP contribution in [0.4, 0.5) is 5.82 Å². The van der Waals surface area contributed by atoms with Gasteiger partial charge in [0.25, 0.3) is 0 Å². The van der Waals surface area contributed by atoms with E-state index in [1.54, 1.807) is 32.9 Å². The lowest BCUT2D eigenvalue weighted by Gasteiger charge is -2.31. The van der Waals surface area contributed by atoms with E-state index in [1.807, 2.05) is 30.0 Å². The summed E-state index contributed by atoms with van der Waals surface area (Å²) in [6.45, 7) is 13.1. The maximum atomic E-state index is 13.3. The highest BCUT2D eigenvalue weighted by molar-refractivity contribution is 6.24. The van der Waals surface area contributed by atoms with Crippen LogP contribution in [-0.4, -0.2) is 46.4 Å². The van der Waals surface area contributed by atoms with Gasteiger partial charge >= 0.3 is 11.9 Å². The van der Waals surface area contributed by atoms with Crippen LogP contribution in [0.3, 0.4) is 0 Å². The van der Waals surface area contributed by atoms with Crippen molar-refractivity contribution in [2.75, 3.05) is 18.0 Å². The number of aromatic nitrogens is 1. The van der Waals surface area contributed by atoms with Crippen LogP contribution in [0.15, 0.2) is 41.5 Å². The second-order valence-electron chi connectivity index (χ2n) is 10.4. The van der Waals surface area contributed by atoms with Crippen molar-refractivity contribution >= 4 is 29.0 Å². The summed E-state index contributed by atoms with van der Waals surface area (Å²) in [6, 6.07) is 8.99. The molecule has 0 spiro atoms. The number of nitrogens with two attached hydrogens (primary N) is 1. The summed E-state index contributed by atoms with van der Waals surface area (Å²) in [5.74, 6) is -0.569. The minimum atomic E-state index is -0.958. The van der Waals surface area contributed by atoms with Crippen LogP contribution in [0.5, 0.6) is 0 Å². The molecule has 0 amide bonds. The number of benzene rings is 1. The van der Waals surface area contributed by atoms with Gasteiger partial charge in [0.15, 0.2) is 5.69 Å². The van der Waals surface area contributed by atoms with E-state index >= 15 is 0 Å². The van der Waals surface area contributed by atoms with Crippen LogP contribution in [0.25, 0.3) is 5.57 Å². The average Bonchev–Trinajstić information content (AvgIpc) is 2.81. The van der Waals surface area contributed by atoms with Crippen LogP contribution in [0.1, 0.15) is 79.1 Å². The van der Waals surface area contributed by atoms with Crippen molar-refractivity contribution in [1.82, 2.24) is 4.98 Å². The fourth-order valence-electron chi connectivity index (χ4n) is 4.11. The highest BCUT2D eigenvalue weighted by Gasteiger charge is 2.27. The van der Waals surface area contributed by atoms with Crippen LogP contribution < -0.4 is 10.6 Å². The predicted octanol–water partition coefficient (Wildman–Crippen LogP) is 4.71. The number of carboxylic acids is 1. The number of allylic oxidation sites excluding steroid dienone is 1. The number of carbonyl (C=O) groups is 2. The molecule has 0 atom stereocenters. The van der Waals surface area contributed by atoms with Gasteiger partial charge in [0.1, 0.15) is 11.4 Å². The molecular formula is C28H36N4O4. The first-order valence-electron chi connectivity index (χ1n) is 12.2. The van der Waals surface area contributed by atoms with E-state index in [-0.39, 0.29) is 11.3 Å². The molecule has 1 aliphatic heterocycles. The van der Waals surface area contributed by atoms with Crippen molar-refractivity contribution in [2.24, 2.45) is 16.6 Å². The zero-order valence-electron chi connectivity index (χ0n) is 22.0. The van der Waals surface area contributed by atoms with Crippen LogP contribution in [0, 0.1) is 5.92 Å². The standard InChI is InChI=1S/C28H36N4O4/c1-17(2)15-30-18(3)22(14-29)20-10-11-24(31-25(20)27(35)36-28(4,5)6)32-13-12-19-8-7-9-21(26(33)34)23(19)16-32/h7-11,14,17H,12-13,15-16,29H2,1-6H3,(H,33,34)/b22-14+,30-18?. The molecule has 2 aromatic rings. The molecule has 192 valence electrons. The maximum Gasteiger partial charge on any atom is 0.358 e. The Balaban J connectivity index is 2.06. The molecule has 8 heteroatoms. The number of aromatic carboxylic acids is 1. The molecule has 0 bridgehead atoms. The second-order valence-corrected chi connectivity index (χ2v) is 10.4. The molecule has 3 N–H and O–H groups in total. The second kappa shape index (κ2) is 10.9. The number of carbonyl (C=O) groups excluding carboxylic acids is 1. The van der Waals surface area contributed by atoms with Gasteiger partial charge in [-0.3, -0.25) is 4.99 Å². The minimum absolute atomic E-state index is 0.149. The van der Waals surface area contributed by atoms with E-state index in [9.17, 15) is 14.7 Å². The Morgan fingerprint density at radius 3 is 2.56 bits per heavy atom. The third-order valence-electron chi connectivity index (χ3n) is 5.84. The minimum Gasteiger partial charge on any atom is -0.478 e. The molecule has 36 heavy (non-hydrogen) atoms.